The van der Waals surface area contributed by atoms with Crippen molar-refractivity contribution < 1.29 is 4.79 Å². The Bertz CT molecular complexity index is 1490. The van der Waals surface area contributed by atoms with Gasteiger partial charge in [-0.2, -0.15) is 0 Å². The highest BCUT2D eigenvalue weighted by Crippen LogP contribution is 2.28. The number of fused-ring (bicyclic) bond motifs is 1. The molecule has 0 spiro atoms. The largest absolute Gasteiger partial charge is 0.367 e. The highest BCUT2D eigenvalue weighted by Gasteiger charge is 2.23. The zero-order valence-corrected chi connectivity index (χ0v) is 19.9. The Labute approximate surface area is 210 Å². The summed E-state index contributed by atoms with van der Waals surface area (Å²) in [6.45, 7) is 0.748. The Morgan fingerprint density at radius 2 is 1.61 bits per heavy atom. The van der Waals surface area contributed by atoms with Crippen LogP contribution in [0.2, 0.25) is 0 Å². The molecule has 0 radical (unpaired) electrons. The first-order valence-corrected chi connectivity index (χ1v) is 12.4. The predicted octanol–water partition coefficient (Wildman–Crippen LogP) is 5.61. The van der Waals surface area contributed by atoms with Gasteiger partial charge in [0.15, 0.2) is 11.5 Å². The summed E-state index contributed by atoms with van der Waals surface area (Å²) in [5.41, 5.74) is 6.57. The van der Waals surface area contributed by atoms with Crippen molar-refractivity contribution in [3.8, 4) is 22.5 Å². The maximum absolute atomic E-state index is 12.4. The second-order valence-corrected chi connectivity index (χ2v) is 9.17. The van der Waals surface area contributed by atoms with E-state index < -0.39 is 0 Å². The van der Waals surface area contributed by atoms with Crippen LogP contribution in [0.4, 0.5) is 5.82 Å². The molecule has 0 bridgehead atoms. The molecule has 2 N–H and O–H groups in total. The molecule has 5 aromatic rings. The Morgan fingerprint density at radius 1 is 0.889 bits per heavy atom. The fourth-order valence-corrected chi connectivity index (χ4v) is 4.33. The number of anilines is 1. The van der Waals surface area contributed by atoms with Crippen LogP contribution in [-0.2, 0) is 6.42 Å². The van der Waals surface area contributed by atoms with Crippen molar-refractivity contribution in [2.75, 3.05) is 11.9 Å². The molecule has 1 aliphatic carbocycles. The summed E-state index contributed by atoms with van der Waals surface area (Å²) in [7, 11) is 0. The highest BCUT2D eigenvalue weighted by atomic mass is 16.1. The average Bonchev–Trinajstić information content (AvgIpc) is 3.64. The predicted molar refractivity (Wildman–Crippen MR) is 143 cm³/mol. The fourth-order valence-electron chi connectivity index (χ4n) is 4.33. The molecule has 2 heterocycles. The number of hydrogen-bond donors (Lipinski definition) is 2. The number of aromatic nitrogens is 3. The molecule has 2 aromatic heterocycles. The van der Waals surface area contributed by atoms with E-state index in [1.54, 1.807) is 0 Å². The van der Waals surface area contributed by atoms with E-state index in [1.165, 1.54) is 5.56 Å². The van der Waals surface area contributed by atoms with Gasteiger partial charge in [0.25, 0.3) is 5.91 Å². The lowest BCUT2D eigenvalue weighted by molar-refractivity contribution is 0.0951. The maximum atomic E-state index is 12.4. The monoisotopic (exact) mass is 473 g/mol. The number of benzene rings is 3. The molecule has 1 aliphatic rings. The number of imidazole rings is 1. The third kappa shape index (κ3) is 4.70. The number of carbonyl (C=O) groups excluding carboxylic acids is 1. The maximum Gasteiger partial charge on any atom is 0.251 e. The molecule has 3 aromatic carbocycles. The van der Waals surface area contributed by atoms with E-state index in [2.05, 4.69) is 51.4 Å². The lowest BCUT2D eigenvalue weighted by Crippen LogP contribution is -2.25. The van der Waals surface area contributed by atoms with E-state index in [9.17, 15) is 4.79 Å². The van der Waals surface area contributed by atoms with Crippen LogP contribution in [0, 0.1) is 0 Å². The third-order valence-corrected chi connectivity index (χ3v) is 6.47. The van der Waals surface area contributed by atoms with Crippen LogP contribution >= 0.6 is 0 Å². The summed E-state index contributed by atoms with van der Waals surface area (Å²) >= 11 is 0. The van der Waals surface area contributed by atoms with Gasteiger partial charge in [0, 0.05) is 35.5 Å². The van der Waals surface area contributed by atoms with Crippen molar-refractivity contribution in [3.05, 3.63) is 108 Å². The standard InChI is InChI=1S/C30H27N5O/c36-30(33-25-15-16-25)24-13-11-23(12-14-24)27-19-32-29-28(31-18-17-21-7-3-1-4-8-21)34-26(20-35(27)29)22-9-5-2-6-10-22/h1-14,19-20,25H,15-18H2,(H,31,34)(H,33,36). The van der Waals surface area contributed by atoms with Gasteiger partial charge in [-0.05, 0) is 37.0 Å². The molecule has 0 saturated heterocycles. The van der Waals surface area contributed by atoms with E-state index in [4.69, 9.17) is 9.97 Å². The number of nitrogens with one attached hydrogen (secondary N) is 2. The molecule has 6 rings (SSSR count). The third-order valence-electron chi connectivity index (χ3n) is 6.47. The van der Waals surface area contributed by atoms with E-state index in [-0.39, 0.29) is 5.91 Å². The van der Waals surface area contributed by atoms with Gasteiger partial charge in [-0.25, -0.2) is 9.97 Å². The molecule has 6 heteroatoms. The number of carbonyl (C=O) groups is 1. The number of nitrogens with zero attached hydrogens (tertiary/aromatic N) is 3. The minimum atomic E-state index is -0.0114. The molecule has 0 unspecified atom stereocenters. The van der Waals surface area contributed by atoms with Crippen molar-refractivity contribution in [2.45, 2.75) is 25.3 Å². The smallest absolute Gasteiger partial charge is 0.251 e. The summed E-state index contributed by atoms with van der Waals surface area (Å²) in [5, 5.41) is 6.56. The fraction of sp³-hybridized carbons (Fsp3) is 0.167. The molecule has 0 aliphatic heterocycles. The van der Waals surface area contributed by atoms with Crippen LogP contribution in [0.5, 0.6) is 0 Å². The summed E-state index contributed by atoms with van der Waals surface area (Å²) in [6.07, 6.45) is 6.94. The second kappa shape index (κ2) is 9.66. The van der Waals surface area contributed by atoms with E-state index in [0.29, 0.717) is 11.6 Å². The Hall–Kier alpha value is -4.45. The Balaban J connectivity index is 1.33. The minimum Gasteiger partial charge on any atom is -0.367 e. The van der Waals surface area contributed by atoms with Crippen LogP contribution in [0.1, 0.15) is 28.8 Å². The molecule has 36 heavy (non-hydrogen) atoms. The first-order chi connectivity index (χ1) is 17.7. The van der Waals surface area contributed by atoms with Gasteiger partial charge in [0.2, 0.25) is 0 Å². The van der Waals surface area contributed by atoms with Crippen molar-refractivity contribution in [3.63, 3.8) is 0 Å². The van der Waals surface area contributed by atoms with E-state index >= 15 is 0 Å². The zero-order valence-electron chi connectivity index (χ0n) is 19.9. The molecule has 1 saturated carbocycles. The molecule has 178 valence electrons. The molecule has 1 amide bonds. The van der Waals surface area contributed by atoms with Gasteiger partial charge in [0.05, 0.1) is 17.6 Å². The SMILES string of the molecule is O=C(NC1CC1)c1ccc(-c2cnc3c(NCCc4ccccc4)nc(-c4ccccc4)cn23)cc1. The van der Waals surface area contributed by atoms with Gasteiger partial charge >= 0.3 is 0 Å². The van der Waals surface area contributed by atoms with Crippen molar-refractivity contribution >= 4 is 17.4 Å². The molecular formula is C30H27N5O. The number of hydrogen-bond acceptors (Lipinski definition) is 4. The van der Waals surface area contributed by atoms with Crippen LogP contribution in [0.25, 0.3) is 28.2 Å². The first-order valence-electron chi connectivity index (χ1n) is 12.4. The van der Waals surface area contributed by atoms with E-state index in [1.807, 2.05) is 60.9 Å². The van der Waals surface area contributed by atoms with Crippen LogP contribution in [0.15, 0.2) is 97.3 Å². The summed E-state index contributed by atoms with van der Waals surface area (Å²) in [4.78, 5) is 22.1. The van der Waals surface area contributed by atoms with Gasteiger partial charge in [-0.1, -0.05) is 72.8 Å². The highest BCUT2D eigenvalue weighted by molar-refractivity contribution is 5.95. The van der Waals surface area contributed by atoms with Crippen molar-refractivity contribution in [2.24, 2.45) is 0 Å². The minimum absolute atomic E-state index is 0.0114. The summed E-state index contributed by atoms with van der Waals surface area (Å²) in [6, 6.07) is 28.6. The van der Waals surface area contributed by atoms with Gasteiger partial charge in [-0.3, -0.25) is 9.20 Å². The quantitative estimate of drug-likeness (QED) is 0.307. The molecular weight excluding hydrogens is 446 g/mol. The van der Waals surface area contributed by atoms with Crippen LogP contribution in [-0.4, -0.2) is 32.9 Å². The lowest BCUT2D eigenvalue weighted by Gasteiger charge is -2.12. The van der Waals surface area contributed by atoms with Gasteiger partial charge in [-0.15, -0.1) is 0 Å². The first kappa shape index (κ1) is 22.0. The summed E-state index contributed by atoms with van der Waals surface area (Å²) < 4.78 is 2.08. The second-order valence-electron chi connectivity index (χ2n) is 9.17. The molecule has 6 nitrogen and oxygen atoms in total. The Morgan fingerprint density at radius 3 is 2.33 bits per heavy atom. The number of rotatable bonds is 8. The van der Waals surface area contributed by atoms with Crippen LogP contribution in [0.3, 0.4) is 0 Å². The van der Waals surface area contributed by atoms with E-state index in [0.717, 1.165) is 59.8 Å². The van der Waals surface area contributed by atoms with Crippen molar-refractivity contribution in [1.82, 2.24) is 19.7 Å². The van der Waals surface area contributed by atoms with Crippen molar-refractivity contribution in [1.29, 1.82) is 0 Å². The zero-order chi connectivity index (χ0) is 24.3. The normalized spacial score (nSPS) is 13.0. The number of amides is 1. The Kier molecular flexibility index (Phi) is 5.91. The average molecular weight is 474 g/mol. The van der Waals surface area contributed by atoms with Gasteiger partial charge < -0.3 is 10.6 Å². The molecule has 1 fully saturated rings. The summed E-state index contributed by atoms with van der Waals surface area (Å²) in [5.74, 6) is 0.738. The molecule has 0 atom stereocenters. The van der Waals surface area contributed by atoms with Gasteiger partial charge in [0.1, 0.15) is 0 Å². The van der Waals surface area contributed by atoms with Crippen LogP contribution < -0.4 is 10.6 Å². The topological polar surface area (TPSA) is 71.3 Å². The lowest BCUT2D eigenvalue weighted by atomic mass is 10.1.